The molecule has 1 aliphatic heterocycles. The standard InChI is InChI=1S/C28H41NO4S.CH4O/c1-18-10-8-9-11-19(2)26(31)21(4)27(32)28(6,7)15-14-25(30)33-24(13-12-18)20(3)16-23-17-34-22(5)29-23;1-2/h8-9,12,16-17,19,21,24,26,31H,10-11,13-15H2,1-7H3;2H,1H3/b9-8-,18-12-,20-16+;. The maximum Gasteiger partial charge on any atom is 0.306 e. The van der Waals surface area contributed by atoms with Crippen molar-refractivity contribution < 1.29 is 24.5 Å². The molecule has 2 rings (SSSR count). The van der Waals surface area contributed by atoms with Crippen LogP contribution in [0.2, 0.25) is 0 Å². The van der Waals surface area contributed by atoms with Crippen LogP contribution in [0.3, 0.4) is 0 Å². The van der Waals surface area contributed by atoms with Gasteiger partial charge in [-0.1, -0.05) is 51.5 Å². The number of nitrogens with zero attached hydrogens (tertiary/aromatic N) is 1. The van der Waals surface area contributed by atoms with Gasteiger partial charge in [0.2, 0.25) is 0 Å². The van der Waals surface area contributed by atoms with Crippen LogP contribution in [0, 0.1) is 24.2 Å². The number of aromatic nitrogens is 1. The molecule has 0 aromatic carbocycles. The summed E-state index contributed by atoms with van der Waals surface area (Å²) in [6.07, 6.45) is 9.81. The number of rotatable bonds is 2. The Morgan fingerprint density at radius 3 is 2.44 bits per heavy atom. The molecule has 7 heteroatoms. The van der Waals surface area contributed by atoms with E-state index in [0.29, 0.717) is 19.3 Å². The molecule has 0 saturated carbocycles. The fourth-order valence-electron chi connectivity index (χ4n) is 4.23. The van der Waals surface area contributed by atoms with Crippen molar-refractivity contribution in [2.45, 2.75) is 92.8 Å². The molecular weight excluding hydrogens is 474 g/mol. The number of ketones is 1. The summed E-state index contributed by atoms with van der Waals surface area (Å²) in [5.74, 6) is -0.851. The third kappa shape index (κ3) is 10.1. The number of thiazole rings is 1. The number of allylic oxidation sites excluding steroid dienone is 3. The molecular formula is C29H45NO5S. The summed E-state index contributed by atoms with van der Waals surface area (Å²) in [7, 11) is 1.00. The number of carbonyl (C=O) groups is 2. The fourth-order valence-corrected chi connectivity index (χ4v) is 4.80. The Labute approximate surface area is 221 Å². The summed E-state index contributed by atoms with van der Waals surface area (Å²) in [5, 5.41) is 20.7. The van der Waals surface area contributed by atoms with Crippen LogP contribution in [-0.2, 0) is 14.3 Å². The number of cyclic esters (lactones) is 1. The molecule has 202 valence electrons. The molecule has 6 nitrogen and oxygen atoms in total. The molecule has 0 spiro atoms. The monoisotopic (exact) mass is 519 g/mol. The topological polar surface area (TPSA) is 96.7 Å². The highest BCUT2D eigenvalue weighted by molar-refractivity contribution is 7.09. The second kappa shape index (κ2) is 15.2. The molecule has 1 aromatic rings. The SMILES string of the molecule is C/C1=C/CC(/C(C)=C/c2csc(C)n2)OC(=O)CCC(C)(C)C(=O)C(C)C(O)C(C)C/C=C\C1.CO. The zero-order valence-corrected chi connectivity index (χ0v) is 24.0. The van der Waals surface area contributed by atoms with E-state index in [0.717, 1.165) is 29.8 Å². The van der Waals surface area contributed by atoms with Gasteiger partial charge in [-0.25, -0.2) is 4.98 Å². The summed E-state index contributed by atoms with van der Waals surface area (Å²) in [6.45, 7) is 13.5. The van der Waals surface area contributed by atoms with Crippen molar-refractivity contribution >= 4 is 29.2 Å². The summed E-state index contributed by atoms with van der Waals surface area (Å²) < 4.78 is 5.90. The lowest BCUT2D eigenvalue weighted by Gasteiger charge is -2.31. The Hall–Kier alpha value is -2.09. The van der Waals surface area contributed by atoms with Gasteiger partial charge < -0.3 is 14.9 Å². The quantitative estimate of drug-likeness (QED) is 0.364. The van der Waals surface area contributed by atoms with Crippen LogP contribution in [0.4, 0.5) is 0 Å². The summed E-state index contributed by atoms with van der Waals surface area (Å²) >= 11 is 1.59. The Balaban J connectivity index is 0.00000316. The first-order valence-electron chi connectivity index (χ1n) is 12.7. The van der Waals surface area contributed by atoms with Crippen LogP contribution < -0.4 is 0 Å². The molecule has 0 radical (unpaired) electrons. The minimum atomic E-state index is -0.724. The summed E-state index contributed by atoms with van der Waals surface area (Å²) in [4.78, 5) is 30.5. The number of carbonyl (C=O) groups excluding carboxylic acids is 2. The number of Topliss-reactive ketones (excluding diaryl/α,β-unsaturated/α-hetero) is 1. The molecule has 2 heterocycles. The van der Waals surface area contributed by atoms with Crippen molar-refractivity contribution in [3.05, 3.63) is 45.5 Å². The Bertz CT molecular complexity index is 943. The third-order valence-electron chi connectivity index (χ3n) is 6.72. The van der Waals surface area contributed by atoms with Crippen molar-refractivity contribution in [1.29, 1.82) is 0 Å². The predicted octanol–water partition coefficient (Wildman–Crippen LogP) is 6.07. The molecule has 2 N–H and O–H groups in total. The van der Waals surface area contributed by atoms with E-state index in [9.17, 15) is 14.7 Å². The van der Waals surface area contributed by atoms with E-state index in [1.54, 1.807) is 18.3 Å². The van der Waals surface area contributed by atoms with Gasteiger partial charge in [0, 0.05) is 36.7 Å². The van der Waals surface area contributed by atoms with Crippen LogP contribution in [-0.4, -0.2) is 46.3 Å². The average molecular weight is 520 g/mol. The Morgan fingerprint density at radius 1 is 1.17 bits per heavy atom. The number of hydrogen-bond acceptors (Lipinski definition) is 7. The van der Waals surface area contributed by atoms with Gasteiger partial charge in [0.05, 0.1) is 16.8 Å². The number of aliphatic hydroxyl groups excluding tert-OH is 2. The molecule has 0 amide bonds. The first kappa shape index (κ1) is 31.9. The fraction of sp³-hybridized carbons (Fsp3) is 0.621. The van der Waals surface area contributed by atoms with Crippen LogP contribution in [0.1, 0.15) is 84.3 Å². The van der Waals surface area contributed by atoms with Gasteiger partial charge in [-0.2, -0.15) is 0 Å². The molecule has 0 fully saturated rings. The van der Waals surface area contributed by atoms with Crippen LogP contribution >= 0.6 is 11.3 Å². The molecule has 4 atom stereocenters. The summed E-state index contributed by atoms with van der Waals surface area (Å²) in [6, 6.07) is 0. The van der Waals surface area contributed by atoms with E-state index in [1.165, 1.54) is 5.57 Å². The van der Waals surface area contributed by atoms with E-state index in [1.807, 2.05) is 46.1 Å². The third-order valence-corrected chi connectivity index (χ3v) is 7.51. The Kier molecular flexibility index (Phi) is 13.5. The van der Waals surface area contributed by atoms with Gasteiger partial charge in [-0.05, 0) is 57.6 Å². The van der Waals surface area contributed by atoms with Crippen molar-refractivity contribution in [2.24, 2.45) is 17.3 Å². The molecule has 36 heavy (non-hydrogen) atoms. The van der Waals surface area contributed by atoms with E-state index < -0.39 is 17.4 Å². The van der Waals surface area contributed by atoms with E-state index in [-0.39, 0.29) is 30.2 Å². The lowest BCUT2D eigenvalue weighted by molar-refractivity contribution is -0.148. The second-order valence-electron chi connectivity index (χ2n) is 10.4. The molecule has 0 saturated heterocycles. The van der Waals surface area contributed by atoms with Crippen molar-refractivity contribution in [3.8, 4) is 0 Å². The molecule has 0 bridgehead atoms. The van der Waals surface area contributed by atoms with Gasteiger partial charge in [0.25, 0.3) is 0 Å². The van der Waals surface area contributed by atoms with Crippen molar-refractivity contribution in [2.75, 3.05) is 7.11 Å². The number of esters is 1. The minimum absolute atomic E-state index is 0.0167. The maximum absolute atomic E-state index is 13.1. The zero-order valence-electron chi connectivity index (χ0n) is 23.2. The van der Waals surface area contributed by atoms with Gasteiger partial charge in [-0.15, -0.1) is 11.3 Å². The van der Waals surface area contributed by atoms with Crippen LogP contribution in [0.25, 0.3) is 6.08 Å². The van der Waals surface area contributed by atoms with Crippen molar-refractivity contribution in [1.82, 2.24) is 4.98 Å². The van der Waals surface area contributed by atoms with Crippen LogP contribution in [0.15, 0.2) is 34.8 Å². The first-order valence-corrected chi connectivity index (χ1v) is 13.6. The highest BCUT2D eigenvalue weighted by Crippen LogP contribution is 2.31. The minimum Gasteiger partial charge on any atom is -0.457 e. The summed E-state index contributed by atoms with van der Waals surface area (Å²) in [5.41, 5.74) is 2.28. The van der Waals surface area contributed by atoms with E-state index >= 15 is 0 Å². The lowest BCUT2D eigenvalue weighted by Crippen LogP contribution is -2.39. The average Bonchev–Trinajstić information content (AvgIpc) is 3.26. The van der Waals surface area contributed by atoms with Crippen molar-refractivity contribution in [3.63, 3.8) is 0 Å². The normalized spacial score (nSPS) is 29.2. The van der Waals surface area contributed by atoms with Gasteiger partial charge >= 0.3 is 5.97 Å². The Morgan fingerprint density at radius 2 is 1.83 bits per heavy atom. The highest BCUT2D eigenvalue weighted by atomic mass is 32.1. The number of hydrogen-bond donors (Lipinski definition) is 2. The van der Waals surface area contributed by atoms with Gasteiger partial charge in [0.1, 0.15) is 11.9 Å². The molecule has 4 unspecified atom stereocenters. The second-order valence-corrected chi connectivity index (χ2v) is 11.4. The largest absolute Gasteiger partial charge is 0.457 e. The molecule has 1 aromatic heterocycles. The van der Waals surface area contributed by atoms with Gasteiger partial charge in [0.15, 0.2) is 0 Å². The first-order chi connectivity index (χ1) is 16.9. The number of aliphatic hydroxyl groups is 2. The van der Waals surface area contributed by atoms with Crippen LogP contribution in [0.5, 0.6) is 0 Å². The number of aryl methyl sites for hydroxylation is 1. The zero-order chi connectivity index (χ0) is 27.5. The lowest BCUT2D eigenvalue weighted by atomic mass is 9.74. The number of ether oxygens (including phenoxy) is 1. The van der Waals surface area contributed by atoms with Gasteiger partial charge in [-0.3, -0.25) is 9.59 Å². The molecule has 0 aliphatic carbocycles. The molecule has 1 aliphatic rings. The van der Waals surface area contributed by atoms with E-state index in [4.69, 9.17) is 9.84 Å². The smallest absolute Gasteiger partial charge is 0.306 e. The van der Waals surface area contributed by atoms with E-state index in [2.05, 4.69) is 30.1 Å². The predicted molar refractivity (Wildman–Crippen MR) is 148 cm³/mol. The maximum atomic E-state index is 13.1. The highest BCUT2D eigenvalue weighted by Gasteiger charge is 2.36.